The van der Waals surface area contributed by atoms with Crippen molar-refractivity contribution in [1.29, 1.82) is 0 Å². The van der Waals surface area contributed by atoms with Crippen LogP contribution in [-0.2, 0) is 9.53 Å². The Morgan fingerprint density at radius 3 is 2.95 bits per heavy atom. The molecule has 1 aromatic rings. The van der Waals surface area contributed by atoms with Crippen molar-refractivity contribution in [3.8, 4) is 0 Å². The lowest BCUT2D eigenvalue weighted by Crippen LogP contribution is -2.48. The number of pyridine rings is 1. The van der Waals surface area contributed by atoms with Crippen LogP contribution in [0, 0.1) is 3.57 Å². The maximum Gasteiger partial charge on any atom is 0.328 e. The van der Waals surface area contributed by atoms with Gasteiger partial charge in [-0.05, 0) is 54.0 Å². The van der Waals surface area contributed by atoms with E-state index >= 15 is 0 Å². The number of rotatable bonds is 2. The summed E-state index contributed by atoms with van der Waals surface area (Å²) in [5, 5.41) is 0. The zero-order valence-corrected chi connectivity index (χ0v) is 12.8. The fourth-order valence-electron chi connectivity index (χ4n) is 2.23. The fraction of sp³-hybridized carbons (Fsp3) is 0.462. The lowest BCUT2D eigenvalue weighted by molar-refractivity contribution is -0.147. The largest absolute Gasteiger partial charge is 0.467 e. The summed E-state index contributed by atoms with van der Waals surface area (Å²) in [4.78, 5) is 30.0. The van der Waals surface area contributed by atoms with Crippen molar-refractivity contribution in [3.05, 3.63) is 27.6 Å². The molecule has 0 N–H and O–H groups in total. The lowest BCUT2D eigenvalue weighted by Gasteiger charge is -2.33. The van der Waals surface area contributed by atoms with Crippen LogP contribution in [0.25, 0.3) is 0 Å². The number of nitrogens with zero attached hydrogens (tertiary/aromatic N) is 2. The molecule has 2 rings (SSSR count). The Kier molecular flexibility index (Phi) is 4.73. The zero-order chi connectivity index (χ0) is 13.8. The number of ether oxygens (including phenoxy) is 1. The highest BCUT2D eigenvalue weighted by Crippen LogP contribution is 2.21. The van der Waals surface area contributed by atoms with Crippen molar-refractivity contribution in [2.24, 2.45) is 0 Å². The van der Waals surface area contributed by atoms with E-state index in [1.54, 1.807) is 17.2 Å². The van der Waals surface area contributed by atoms with Gasteiger partial charge in [-0.1, -0.05) is 0 Å². The molecule has 0 unspecified atom stereocenters. The first-order chi connectivity index (χ1) is 9.15. The van der Waals surface area contributed by atoms with E-state index in [-0.39, 0.29) is 11.9 Å². The summed E-state index contributed by atoms with van der Waals surface area (Å²) in [7, 11) is 1.35. The number of piperidine rings is 1. The number of aromatic nitrogens is 1. The molecule has 1 aromatic heterocycles. The van der Waals surface area contributed by atoms with Crippen molar-refractivity contribution in [2.75, 3.05) is 13.7 Å². The molecule has 0 bridgehead atoms. The van der Waals surface area contributed by atoms with Gasteiger partial charge in [0, 0.05) is 16.3 Å². The summed E-state index contributed by atoms with van der Waals surface area (Å²) < 4.78 is 5.57. The molecule has 0 spiro atoms. The van der Waals surface area contributed by atoms with Crippen molar-refractivity contribution in [3.63, 3.8) is 0 Å². The number of halogens is 1. The maximum absolute atomic E-state index is 12.5. The van der Waals surface area contributed by atoms with Crippen molar-refractivity contribution < 1.29 is 14.3 Å². The predicted octanol–water partition coefficient (Wildman–Crippen LogP) is 1.85. The Morgan fingerprint density at radius 2 is 2.26 bits per heavy atom. The quantitative estimate of drug-likeness (QED) is 0.586. The molecule has 102 valence electrons. The molecular weight excluding hydrogens is 359 g/mol. The van der Waals surface area contributed by atoms with E-state index in [4.69, 9.17) is 4.74 Å². The Bertz CT molecular complexity index is 493. The van der Waals surface area contributed by atoms with Gasteiger partial charge in [0.2, 0.25) is 0 Å². The molecule has 0 aromatic carbocycles. The van der Waals surface area contributed by atoms with Crippen LogP contribution in [0.4, 0.5) is 0 Å². The Hall–Kier alpha value is -1.18. The first kappa shape index (κ1) is 14.2. The highest BCUT2D eigenvalue weighted by Gasteiger charge is 2.34. The number of carbonyl (C=O) groups excluding carboxylic acids is 2. The van der Waals surface area contributed by atoms with Gasteiger partial charge < -0.3 is 9.64 Å². The Balaban J connectivity index is 2.25. The molecule has 1 amide bonds. The highest BCUT2D eigenvalue weighted by atomic mass is 127. The van der Waals surface area contributed by atoms with E-state index < -0.39 is 6.04 Å². The van der Waals surface area contributed by atoms with Gasteiger partial charge in [0.15, 0.2) is 0 Å². The van der Waals surface area contributed by atoms with Gasteiger partial charge in [-0.25, -0.2) is 9.78 Å². The molecule has 2 heterocycles. The van der Waals surface area contributed by atoms with Crippen LogP contribution >= 0.6 is 22.6 Å². The average molecular weight is 374 g/mol. The van der Waals surface area contributed by atoms with Crippen LogP contribution in [0.5, 0.6) is 0 Å². The number of carbonyl (C=O) groups is 2. The monoisotopic (exact) mass is 374 g/mol. The first-order valence-electron chi connectivity index (χ1n) is 6.14. The molecule has 1 atom stereocenters. The lowest BCUT2D eigenvalue weighted by atomic mass is 10.0. The predicted molar refractivity (Wildman–Crippen MR) is 77.6 cm³/mol. The van der Waals surface area contributed by atoms with Crippen LogP contribution in [0.1, 0.15) is 29.8 Å². The molecule has 1 aliphatic heterocycles. The van der Waals surface area contributed by atoms with Gasteiger partial charge in [0.05, 0.1) is 7.11 Å². The minimum atomic E-state index is -0.482. The smallest absolute Gasteiger partial charge is 0.328 e. The molecule has 19 heavy (non-hydrogen) atoms. The summed E-state index contributed by atoms with van der Waals surface area (Å²) in [5.74, 6) is -0.543. The first-order valence-corrected chi connectivity index (χ1v) is 7.22. The summed E-state index contributed by atoms with van der Waals surface area (Å²) >= 11 is 2.08. The van der Waals surface area contributed by atoms with Gasteiger partial charge in [-0.3, -0.25) is 4.79 Å². The SMILES string of the molecule is COC(=O)[C@@H]1CCCCN1C(=O)c1ncccc1I. The molecule has 6 heteroatoms. The van der Waals surface area contributed by atoms with Crippen LogP contribution in [0.2, 0.25) is 0 Å². The molecule has 0 aliphatic carbocycles. The second kappa shape index (κ2) is 6.31. The molecule has 0 radical (unpaired) electrons. The fourth-order valence-corrected chi connectivity index (χ4v) is 2.81. The molecular formula is C13H15IN2O3. The van der Waals surface area contributed by atoms with E-state index in [1.165, 1.54) is 7.11 Å². The van der Waals surface area contributed by atoms with Gasteiger partial charge in [0.1, 0.15) is 11.7 Å². The molecule has 1 fully saturated rings. The topological polar surface area (TPSA) is 59.5 Å². The normalized spacial score (nSPS) is 19.1. The number of hydrogen-bond acceptors (Lipinski definition) is 4. The summed E-state index contributed by atoms with van der Waals surface area (Å²) in [6.07, 6.45) is 4.08. The van der Waals surface area contributed by atoms with Crippen LogP contribution in [0.3, 0.4) is 0 Å². The van der Waals surface area contributed by atoms with E-state index in [9.17, 15) is 9.59 Å². The minimum absolute atomic E-state index is 0.194. The second-order valence-electron chi connectivity index (χ2n) is 4.37. The molecule has 5 nitrogen and oxygen atoms in total. The van der Waals surface area contributed by atoms with Crippen molar-refractivity contribution in [2.45, 2.75) is 25.3 Å². The van der Waals surface area contributed by atoms with E-state index in [1.807, 2.05) is 6.07 Å². The number of likely N-dealkylation sites (tertiary alicyclic amines) is 1. The second-order valence-corrected chi connectivity index (χ2v) is 5.53. The third-order valence-electron chi connectivity index (χ3n) is 3.20. The molecule has 0 saturated carbocycles. The van der Waals surface area contributed by atoms with E-state index in [0.717, 1.165) is 16.4 Å². The zero-order valence-electron chi connectivity index (χ0n) is 10.6. The number of hydrogen-bond donors (Lipinski definition) is 0. The van der Waals surface area contributed by atoms with Gasteiger partial charge in [-0.2, -0.15) is 0 Å². The third kappa shape index (κ3) is 3.05. The molecule has 1 aliphatic rings. The minimum Gasteiger partial charge on any atom is -0.467 e. The van der Waals surface area contributed by atoms with Crippen molar-refractivity contribution >= 4 is 34.5 Å². The van der Waals surface area contributed by atoms with Gasteiger partial charge >= 0.3 is 5.97 Å². The number of amides is 1. The third-order valence-corrected chi connectivity index (χ3v) is 4.07. The highest BCUT2D eigenvalue weighted by molar-refractivity contribution is 14.1. The maximum atomic E-state index is 12.5. The molecule has 1 saturated heterocycles. The van der Waals surface area contributed by atoms with E-state index in [0.29, 0.717) is 18.7 Å². The number of esters is 1. The Labute approximate surface area is 125 Å². The average Bonchev–Trinajstić information content (AvgIpc) is 2.46. The summed E-state index contributed by atoms with van der Waals surface area (Å²) in [6.45, 7) is 0.575. The Morgan fingerprint density at radius 1 is 1.47 bits per heavy atom. The van der Waals surface area contributed by atoms with Crippen LogP contribution in [0.15, 0.2) is 18.3 Å². The summed E-state index contributed by atoms with van der Waals surface area (Å²) in [6, 6.07) is 3.13. The van der Waals surface area contributed by atoms with E-state index in [2.05, 4.69) is 27.6 Å². The van der Waals surface area contributed by atoms with Gasteiger partial charge in [-0.15, -0.1) is 0 Å². The van der Waals surface area contributed by atoms with Crippen LogP contribution < -0.4 is 0 Å². The van der Waals surface area contributed by atoms with Crippen molar-refractivity contribution in [1.82, 2.24) is 9.88 Å². The standard InChI is InChI=1S/C13H15IN2O3/c1-19-13(18)10-6-2-3-8-16(10)12(17)11-9(14)5-4-7-15-11/h4-5,7,10H,2-3,6,8H2,1H3/t10-/m0/s1. The van der Waals surface area contributed by atoms with Gasteiger partial charge in [0.25, 0.3) is 5.91 Å². The summed E-state index contributed by atoms with van der Waals surface area (Å²) in [5.41, 5.74) is 0.402. The number of methoxy groups -OCH3 is 1. The van der Waals surface area contributed by atoms with Crippen LogP contribution in [-0.4, -0.2) is 41.5 Å².